The van der Waals surface area contributed by atoms with E-state index >= 15 is 0 Å². The predicted molar refractivity (Wildman–Crippen MR) is 110 cm³/mol. The van der Waals surface area contributed by atoms with E-state index in [1.54, 1.807) is 7.11 Å². The number of nitrogens with zero attached hydrogens (tertiary/aromatic N) is 4. The van der Waals surface area contributed by atoms with Crippen molar-refractivity contribution in [1.29, 1.82) is 0 Å². The first-order valence-electron chi connectivity index (χ1n) is 10.1. The SMILES string of the molecule is COc1ccc(CCC(=O)N2CCCCC2c2cc(CN(C)C)n(C)n2)cc1. The molecule has 1 fully saturated rings. The Hall–Kier alpha value is -2.34. The van der Waals surface area contributed by atoms with Crippen LogP contribution in [0.15, 0.2) is 30.3 Å². The summed E-state index contributed by atoms with van der Waals surface area (Å²) in [5, 5.41) is 4.74. The number of amides is 1. The van der Waals surface area contributed by atoms with Gasteiger partial charge >= 0.3 is 0 Å². The van der Waals surface area contributed by atoms with Crippen LogP contribution in [0.3, 0.4) is 0 Å². The first kappa shape index (κ1) is 20.4. The van der Waals surface area contributed by atoms with Crippen molar-refractivity contribution in [3.63, 3.8) is 0 Å². The van der Waals surface area contributed by atoms with E-state index in [9.17, 15) is 4.79 Å². The highest BCUT2D eigenvalue weighted by Crippen LogP contribution is 2.31. The number of hydrogen-bond donors (Lipinski definition) is 0. The average Bonchev–Trinajstić information content (AvgIpc) is 3.06. The lowest BCUT2D eigenvalue weighted by atomic mass is 9.98. The maximum absolute atomic E-state index is 13.0. The van der Waals surface area contributed by atoms with Gasteiger partial charge in [-0.05, 0) is 63.5 Å². The highest BCUT2D eigenvalue weighted by molar-refractivity contribution is 5.77. The first-order chi connectivity index (χ1) is 13.5. The van der Waals surface area contributed by atoms with Crippen LogP contribution in [-0.4, -0.2) is 53.2 Å². The van der Waals surface area contributed by atoms with Crippen LogP contribution in [0.1, 0.15) is 48.7 Å². The van der Waals surface area contributed by atoms with Gasteiger partial charge in [0.25, 0.3) is 0 Å². The van der Waals surface area contributed by atoms with Crippen molar-refractivity contribution in [2.45, 2.75) is 44.7 Å². The summed E-state index contributed by atoms with van der Waals surface area (Å²) < 4.78 is 7.15. The summed E-state index contributed by atoms with van der Waals surface area (Å²) in [4.78, 5) is 17.2. The molecular formula is C22H32N4O2. The van der Waals surface area contributed by atoms with Crippen LogP contribution >= 0.6 is 0 Å². The summed E-state index contributed by atoms with van der Waals surface area (Å²) >= 11 is 0. The minimum atomic E-state index is 0.0965. The van der Waals surface area contributed by atoms with Gasteiger partial charge in [0.05, 0.1) is 24.5 Å². The summed E-state index contributed by atoms with van der Waals surface area (Å²) in [6, 6.07) is 10.2. The number of carbonyl (C=O) groups excluding carboxylic acids is 1. The fourth-order valence-corrected chi connectivity index (χ4v) is 3.89. The van der Waals surface area contributed by atoms with Crippen molar-refractivity contribution in [2.24, 2.45) is 7.05 Å². The van der Waals surface area contributed by atoms with Crippen LogP contribution in [0, 0.1) is 0 Å². The van der Waals surface area contributed by atoms with Gasteiger partial charge in [-0.3, -0.25) is 9.48 Å². The third kappa shape index (κ3) is 4.93. The molecule has 1 aliphatic rings. The van der Waals surface area contributed by atoms with Crippen LogP contribution in [0.25, 0.3) is 0 Å². The summed E-state index contributed by atoms with van der Waals surface area (Å²) in [5.41, 5.74) is 3.36. The van der Waals surface area contributed by atoms with Gasteiger partial charge in [-0.25, -0.2) is 0 Å². The zero-order valence-corrected chi connectivity index (χ0v) is 17.5. The van der Waals surface area contributed by atoms with E-state index < -0.39 is 0 Å². The molecule has 1 aromatic carbocycles. The molecule has 6 heteroatoms. The number of rotatable bonds is 7. The van der Waals surface area contributed by atoms with E-state index in [2.05, 4.69) is 30.0 Å². The lowest BCUT2D eigenvalue weighted by Gasteiger charge is -2.35. The Morgan fingerprint density at radius 3 is 2.68 bits per heavy atom. The van der Waals surface area contributed by atoms with E-state index in [1.807, 2.05) is 36.0 Å². The van der Waals surface area contributed by atoms with Crippen LogP contribution in [0.4, 0.5) is 0 Å². The van der Waals surface area contributed by atoms with Crippen LogP contribution in [0.2, 0.25) is 0 Å². The predicted octanol–water partition coefficient (Wildman–Crippen LogP) is 3.18. The van der Waals surface area contributed by atoms with E-state index in [-0.39, 0.29) is 11.9 Å². The molecule has 152 valence electrons. The second kappa shape index (κ2) is 9.24. The number of benzene rings is 1. The van der Waals surface area contributed by atoms with Gasteiger partial charge in [0.15, 0.2) is 0 Å². The molecule has 0 radical (unpaired) electrons. The van der Waals surface area contributed by atoms with Crippen molar-refractivity contribution >= 4 is 5.91 Å². The largest absolute Gasteiger partial charge is 0.497 e. The highest BCUT2D eigenvalue weighted by atomic mass is 16.5. The fourth-order valence-electron chi connectivity index (χ4n) is 3.89. The second-order valence-electron chi connectivity index (χ2n) is 7.87. The first-order valence-corrected chi connectivity index (χ1v) is 10.1. The molecule has 1 aliphatic heterocycles. The zero-order valence-electron chi connectivity index (χ0n) is 17.5. The Balaban J connectivity index is 1.67. The molecule has 2 heterocycles. The Morgan fingerprint density at radius 1 is 1.25 bits per heavy atom. The van der Waals surface area contributed by atoms with E-state index in [0.29, 0.717) is 6.42 Å². The van der Waals surface area contributed by atoms with Crippen molar-refractivity contribution in [3.8, 4) is 5.75 Å². The molecule has 1 unspecified atom stereocenters. The zero-order chi connectivity index (χ0) is 20.1. The van der Waals surface area contributed by atoms with Crippen LogP contribution in [-0.2, 0) is 24.8 Å². The van der Waals surface area contributed by atoms with Gasteiger partial charge in [0.2, 0.25) is 5.91 Å². The standard InChI is InChI=1S/C22H32N4O2/c1-24(2)16-18-15-20(23-25(18)3)21-7-5-6-14-26(21)22(27)13-10-17-8-11-19(28-4)12-9-17/h8-9,11-12,15,21H,5-7,10,13-14,16H2,1-4H3. The van der Waals surface area contributed by atoms with Crippen molar-refractivity contribution in [3.05, 3.63) is 47.3 Å². The number of aromatic nitrogens is 2. The van der Waals surface area contributed by atoms with Gasteiger partial charge in [0, 0.05) is 26.6 Å². The Bertz CT molecular complexity index is 782. The Morgan fingerprint density at radius 2 is 2.00 bits per heavy atom. The summed E-state index contributed by atoms with van der Waals surface area (Å²) in [6.07, 6.45) is 4.49. The summed E-state index contributed by atoms with van der Waals surface area (Å²) in [6.45, 7) is 1.67. The molecule has 1 aromatic heterocycles. The smallest absolute Gasteiger partial charge is 0.223 e. The lowest BCUT2D eigenvalue weighted by Crippen LogP contribution is -2.38. The van der Waals surface area contributed by atoms with Gasteiger partial charge < -0.3 is 14.5 Å². The molecule has 28 heavy (non-hydrogen) atoms. The van der Waals surface area contributed by atoms with Gasteiger partial charge in [-0.1, -0.05) is 12.1 Å². The number of ether oxygens (including phenoxy) is 1. The van der Waals surface area contributed by atoms with Crippen molar-refractivity contribution < 1.29 is 9.53 Å². The molecule has 1 atom stereocenters. The number of hydrogen-bond acceptors (Lipinski definition) is 4. The normalized spacial score (nSPS) is 17.2. The molecule has 6 nitrogen and oxygen atoms in total. The molecule has 0 N–H and O–H groups in total. The molecular weight excluding hydrogens is 352 g/mol. The molecule has 1 saturated heterocycles. The summed E-state index contributed by atoms with van der Waals surface area (Å²) in [7, 11) is 7.77. The second-order valence-corrected chi connectivity index (χ2v) is 7.87. The van der Waals surface area contributed by atoms with Gasteiger partial charge in [0.1, 0.15) is 5.75 Å². The highest BCUT2D eigenvalue weighted by Gasteiger charge is 2.29. The lowest BCUT2D eigenvalue weighted by molar-refractivity contribution is -0.135. The molecule has 0 spiro atoms. The minimum Gasteiger partial charge on any atom is -0.497 e. The number of methoxy groups -OCH3 is 1. The molecule has 0 saturated carbocycles. The number of carbonyl (C=O) groups is 1. The van der Waals surface area contributed by atoms with Crippen LogP contribution < -0.4 is 4.74 Å². The molecule has 0 aliphatic carbocycles. The molecule has 3 rings (SSSR count). The van der Waals surface area contributed by atoms with Gasteiger partial charge in [-0.2, -0.15) is 5.10 Å². The van der Waals surface area contributed by atoms with E-state index in [1.165, 1.54) is 5.69 Å². The number of piperidine rings is 1. The molecule has 1 amide bonds. The topological polar surface area (TPSA) is 50.6 Å². The molecule has 0 bridgehead atoms. The number of likely N-dealkylation sites (tertiary alicyclic amines) is 1. The monoisotopic (exact) mass is 384 g/mol. The van der Waals surface area contributed by atoms with Crippen molar-refractivity contribution in [2.75, 3.05) is 27.7 Å². The van der Waals surface area contributed by atoms with Crippen LogP contribution in [0.5, 0.6) is 5.75 Å². The average molecular weight is 385 g/mol. The van der Waals surface area contributed by atoms with Crippen molar-refractivity contribution in [1.82, 2.24) is 19.6 Å². The fraction of sp³-hybridized carbons (Fsp3) is 0.545. The molecule has 2 aromatic rings. The van der Waals surface area contributed by atoms with Gasteiger partial charge in [-0.15, -0.1) is 0 Å². The maximum atomic E-state index is 13.0. The van der Waals surface area contributed by atoms with E-state index in [0.717, 1.165) is 55.8 Å². The maximum Gasteiger partial charge on any atom is 0.223 e. The third-order valence-corrected chi connectivity index (χ3v) is 5.42. The third-order valence-electron chi connectivity index (χ3n) is 5.42. The summed E-state index contributed by atoms with van der Waals surface area (Å²) in [5.74, 6) is 1.06. The Labute approximate surface area is 168 Å². The minimum absolute atomic E-state index is 0.0965. The Kier molecular flexibility index (Phi) is 6.73. The number of aryl methyl sites for hydroxylation is 2. The quantitative estimate of drug-likeness (QED) is 0.736. The van der Waals surface area contributed by atoms with E-state index in [4.69, 9.17) is 9.84 Å².